The third kappa shape index (κ3) is 2.56. The number of carbonyl (C=O) groups excluding carboxylic acids is 1. The third-order valence-electron chi connectivity index (χ3n) is 3.81. The summed E-state index contributed by atoms with van der Waals surface area (Å²) in [5, 5.41) is 0. The molecule has 1 saturated carbocycles. The minimum atomic E-state index is -0.686. The molecule has 1 aliphatic carbocycles. The highest BCUT2D eigenvalue weighted by Gasteiger charge is 2.43. The van der Waals surface area contributed by atoms with E-state index < -0.39 is 5.54 Å². The molecule has 0 aliphatic heterocycles. The number of hydrogen-bond donors (Lipinski definition) is 1. The lowest BCUT2D eigenvalue weighted by atomic mass is 9.87. The van der Waals surface area contributed by atoms with Crippen LogP contribution < -0.4 is 10.5 Å². The lowest BCUT2D eigenvalue weighted by Gasteiger charge is -2.23. The number of ketones is 1. The summed E-state index contributed by atoms with van der Waals surface area (Å²) in [4.78, 5) is 12.3. The maximum Gasteiger partial charge on any atom is 0.157 e. The van der Waals surface area contributed by atoms with E-state index >= 15 is 0 Å². The van der Waals surface area contributed by atoms with Gasteiger partial charge in [-0.1, -0.05) is 17.7 Å². The zero-order valence-corrected chi connectivity index (χ0v) is 11.3. The summed E-state index contributed by atoms with van der Waals surface area (Å²) in [6.45, 7) is 3.87. The molecule has 1 aliphatic rings. The topological polar surface area (TPSA) is 52.3 Å². The van der Waals surface area contributed by atoms with Gasteiger partial charge in [-0.05, 0) is 38.7 Å². The Bertz CT molecular complexity index is 462. The first-order valence-electron chi connectivity index (χ1n) is 6.41. The number of rotatable bonds is 5. The standard InChI is InChI=1S/C15H21NO2/c1-10-4-7-13(18-3)11(8-10)9-14(17)15(2,16)12-5-6-12/h4,7-8,12H,5-6,9,16H2,1-3H3. The molecule has 1 aromatic rings. The van der Waals surface area contributed by atoms with Crippen LogP contribution in [0.2, 0.25) is 0 Å². The largest absolute Gasteiger partial charge is 0.496 e. The van der Waals surface area contributed by atoms with E-state index in [1.807, 2.05) is 32.0 Å². The van der Waals surface area contributed by atoms with E-state index in [-0.39, 0.29) is 5.78 Å². The smallest absolute Gasteiger partial charge is 0.157 e. The predicted molar refractivity (Wildman–Crippen MR) is 71.8 cm³/mol. The molecule has 0 amide bonds. The van der Waals surface area contributed by atoms with E-state index in [2.05, 4.69) is 0 Å². The van der Waals surface area contributed by atoms with Crippen LogP contribution in [0.1, 0.15) is 30.9 Å². The number of benzene rings is 1. The van der Waals surface area contributed by atoms with Crippen molar-refractivity contribution in [2.45, 2.75) is 38.6 Å². The molecule has 0 bridgehead atoms. The van der Waals surface area contributed by atoms with Crippen LogP contribution in [0.4, 0.5) is 0 Å². The molecule has 0 radical (unpaired) electrons. The number of ether oxygens (including phenoxy) is 1. The summed E-state index contributed by atoms with van der Waals surface area (Å²) in [6.07, 6.45) is 2.50. The maximum absolute atomic E-state index is 12.3. The van der Waals surface area contributed by atoms with E-state index in [9.17, 15) is 4.79 Å². The molecule has 2 N–H and O–H groups in total. The quantitative estimate of drug-likeness (QED) is 0.868. The zero-order valence-electron chi connectivity index (χ0n) is 11.3. The number of aryl methyl sites for hydroxylation is 1. The molecule has 0 saturated heterocycles. The van der Waals surface area contributed by atoms with Crippen LogP contribution in [0.15, 0.2) is 18.2 Å². The minimum absolute atomic E-state index is 0.105. The lowest BCUT2D eigenvalue weighted by molar-refractivity contribution is -0.123. The highest BCUT2D eigenvalue weighted by molar-refractivity contribution is 5.90. The number of carbonyl (C=O) groups is 1. The minimum Gasteiger partial charge on any atom is -0.496 e. The second-order valence-electron chi connectivity index (χ2n) is 5.47. The van der Waals surface area contributed by atoms with Crippen molar-refractivity contribution >= 4 is 5.78 Å². The molecule has 1 aromatic carbocycles. The fourth-order valence-corrected chi connectivity index (χ4v) is 2.32. The summed E-state index contributed by atoms with van der Waals surface area (Å²) >= 11 is 0. The third-order valence-corrected chi connectivity index (χ3v) is 3.81. The number of nitrogens with two attached hydrogens (primary N) is 1. The Morgan fingerprint density at radius 2 is 2.17 bits per heavy atom. The molecule has 3 nitrogen and oxygen atoms in total. The van der Waals surface area contributed by atoms with E-state index in [4.69, 9.17) is 10.5 Å². The van der Waals surface area contributed by atoms with Crippen LogP contribution in [-0.4, -0.2) is 18.4 Å². The molecule has 3 heteroatoms. The fourth-order valence-electron chi connectivity index (χ4n) is 2.32. The Morgan fingerprint density at radius 1 is 1.50 bits per heavy atom. The second-order valence-corrected chi connectivity index (χ2v) is 5.47. The summed E-state index contributed by atoms with van der Waals surface area (Å²) in [5.41, 5.74) is 7.53. The average molecular weight is 247 g/mol. The summed E-state index contributed by atoms with van der Waals surface area (Å²) in [5.74, 6) is 1.23. The molecule has 1 fully saturated rings. The highest BCUT2D eigenvalue weighted by Crippen LogP contribution is 2.39. The van der Waals surface area contributed by atoms with Crippen molar-refractivity contribution in [1.29, 1.82) is 0 Å². The molecule has 0 heterocycles. The predicted octanol–water partition coefficient (Wildman–Crippen LogP) is 2.24. The van der Waals surface area contributed by atoms with Crippen molar-refractivity contribution < 1.29 is 9.53 Å². The molecule has 2 rings (SSSR count). The average Bonchev–Trinajstić information content (AvgIpc) is 3.13. The Balaban J connectivity index is 2.18. The first kappa shape index (κ1) is 13.1. The van der Waals surface area contributed by atoms with Crippen molar-refractivity contribution in [2.24, 2.45) is 11.7 Å². The number of hydrogen-bond acceptors (Lipinski definition) is 3. The van der Waals surface area contributed by atoms with Gasteiger partial charge in [0.2, 0.25) is 0 Å². The van der Waals surface area contributed by atoms with Gasteiger partial charge in [0.15, 0.2) is 5.78 Å². The van der Waals surface area contributed by atoms with Gasteiger partial charge in [-0.2, -0.15) is 0 Å². The highest BCUT2D eigenvalue weighted by atomic mass is 16.5. The van der Waals surface area contributed by atoms with E-state index in [0.29, 0.717) is 12.3 Å². The first-order valence-corrected chi connectivity index (χ1v) is 6.41. The molecular formula is C15H21NO2. The molecule has 1 unspecified atom stereocenters. The van der Waals surface area contributed by atoms with Crippen LogP contribution in [0.5, 0.6) is 5.75 Å². The Morgan fingerprint density at radius 3 is 2.72 bits per heavy atom. The van der Waals surface area contributed by atoms with Gasteiger partial charge in [-0.3, -0.25) is 4.79 Å². The molecule has 18 heavy (non-hydrogen) atoms. The van der Waals surface area contributed by atoms with E-state index in [1.54, 1.807) is 7.11 Å². The Kier molecular flexibility index (Phi) is 3.44. The fraction of sp³-hybridized carbons (Fsp3) is 0.533. The molecule has 0 spiro atoms. The van der Waals surface area contributed by atoms with Gasteiger partial charge in [0, 0.05) is 12.0 Å². The van der Waals surface area contributed by atoms with Crippen molar-refractivity contribution in [1.82, 2.24) is 0 Å². The van der Waals surface area contributed by atoms with Crippen LogP contribution in [0.3, 0.4) is 0 Å². The molecule has 1 atom stereocenters. The summed E-state index contributed by atoms with van der Waals surface area (Å²) in [7, 11) is 1.63. The normalized spacial score (nSPS) is 18.2. The van der Waals surface area contributed by atoms with Crippen LogP contribution in [0, 0.1) is 12.8 Å². The SMILES string of the molecule is COc1ccc(C)cc1CC(=O)C(C)(N)C1CC1. The number of methoxy groups -OCH3 is 1. The van der Waals surface area contributed by atoms with Gasteiger partial charge >= 0.3 is 0 Å². The zero-order chi connectivity index (χ0) is 13.3. The van der Waals surface area contributed by atoms with Gasteiger partial charge in [-0.25, -0.2) is 0 Å². The van der Waals surface area contributed by atoms with Crippen LogP contribution in [-0.2, 0) is 11.2 Å². The van der Waals surface area contributed by atoms with Crippen molar-refractivity contribution in [2.75, 3.05) is 7.11 Å². The molecule has 98 valence electrons. The Labute approximate surface area is 108 Å². The van der Waals surface area contributed by atoms with Crippen molar-refractivity contribution in [3.63, 3.8) is 0 Å². The van der Waals surface area contributed by atoms with E-state index in [1.165, 1.54) is 0 Å². The number of Topliss-reactive ketones (excluding diaryl/α,β-unsaturated/α-hetero) is 1. The maximum atomic E-state index is 12.3. The summed E-state index contributed by atoms with van der Waals surface area (Å²) < 4.78 is 5.30. The van der Waals surface area contributed by atoms with Crippen molar-refractivity contribution in [3.8, 4) is 5.75 Å². The van der Waals surface area contributed by atoms with Gasteiger partial charge in [0.1, 0.15) is 5.75 Å². The summed E-state index contributed by atoms with van der Waals surface area (Å²) in [6, 6.07) is 5.89. The van der Waals surface area contributed by atoms with Crippen LogP contribution in [0.25, 0.3) is 0 Å². The van der Waals surface area contributed by atoms with Gasteiger partial charge < -0.3 is 10.5 Å². The second kappa shape index (κ2) is 4.73. The first-order chi connectivity index (χ1) is 8.45. The Hall–Kier alpha value is -1.35. The van der Waals surface area contributed by atoms with Crippen LogP contribution >= 0.6 is 0 Å². The molecular weight excluding hydrogens is 226 g/mol. The van der Waals surface area contributed by atoms with Gasteiger partial charge in [0.25, 0.3) is 0 Å². The van der Waals surface area contributed by atoms with Gasteiger partial charge in [-0.15, -0.1) is 0 Å². The van der Waals surface area contributed by atoms with Gasteiger partial charge in [0.05, 0.1) is 12.6 Å². The monoisotopic (exact) mass is 247 g/mol. The van der Waals surface area contributed by atoms with E-state index in [0.717, 1.165) is 29.7 Å². The molecule has 0 aromatic heterocycles. The van der Waals surface area contributed by atoms with Crippen molar-refractivity contribution in [3.05, 3.63) is 29.3 Å². The lowest BCUT2D eigenvalue weighted by Crippen LogP contribution is -2.47.